The quantitative estimate of drug-likeness (QED) is 0.493. The lowest BCUT2D eigenvalue weighted by Gasteiger charge is -2.45. The Hall–Kier alpha value is -0.120. The Morgan fingerprint density at radius 2 is 1.63 bits per heavy atom. The van der Waals surface area contributed by atoms with Gasteiger partial charge in [-0.3, -0.25) is 4.90 Å². The third kappa shape index (κ3) is 5.62. The van der Waals surface area contributed by atoms with Crippen LogP contribution in [0.2, 0.25) is 0 Å². The topological polar surface area (TPSA) is 15.7 Å². The summed E-state index contributed by atoms with van der Waals surface area (Å²) in [6.07, 6.45) is 17.9. The van der Waals surface area contributed by atoms with Crippen molar-refractivity contribution in [3.8, 4) is 0 Å². The summed E-state index contributed by atoms with van der Waals surface area (Å²) in [6, 6.07) is 0.794. The van der Waals surface area contributed by atoms with E-state index in [1.807, 2.05) is 7.11 Å². The van der Waals surface area contributed by atoms with E-state index in [2.05, 4.69) is 23.6 Å². The van der Waals surface area contributed by atoms with Gasteiger partial charge < -0.3 is 9.64 Å². The van der Waals surface area contributed by atoms with Crippen molar-refractivity contribution in [3.05, 3.63) is 0 Å². The highest BCUT2D eigenvalue weighted by Crippen LogP contribution is 2.44. The molecule has 0 aromatic heterocycles. The van der Waals surface area contributed by atoms with Crippen LogP contribution in [0.3, 0.4) is 0 Å². The van der Waals surface area contributed by atoms with Crippen LogP contribution in [0.1, 0.15) is 90.9 Å². The monoisotopic (exact) mass is 418 g/mol. The molecule has 30 heavy (non-hydrogen) atoms. The molecule has 1 saturated heterocycles. The minimum absolute atomic E-state index is 0.489. The number of ether oxygens (including phenoxy) is 1. The third-order valence-corrected chi connectivity index (χ3v) is 9.56. The molecule has 0 aromatic rings. The number of likely N-dealkylation sites (tertiary alicyclic amines) is 1. The summed E-state index contributed by atoms with van der Waals surface area (Å²) in [7, 11) is 1.96. The molecule has 0 N–H and O–H groups in total. The van der Waals surface area contributed by atoms with Gasteiger partial charge >= 0.3 is 0 Å². The summed E-state index contributed by atoms with van der Waals surface area (Å²) >= 11 is 0. The number of rotatable bonds is 8. The summed E-state index contributed by atoms with van der Waals surface area (Å²) < 4.78 is 6.00. The van der Waals surface area contributed by atoms with Gasteiger partial charge in [0, 0.05) is 32.8 Å². The van der Waals surface area contributed by atoms with Gasteiger partial charge in [0.2, 0.25) is 0 Å². The molecule has 174 valence electrons. The lowest BCUT2D eigenvalue weighted by atomic mass is 9.65. The molecule has 4 fully saturated rings. The molecule has 7 atom stereocenters. The highest BCUT2D eigenvalue weighted by atomic mass is 16.5. The maximum absolute atomic E-state index is 6.00. The van der Waals surface area contributed by atoms with Crippen LogP contribution in [0.25, 0.3) is 0 Å². The van der Waals surface area contributed by atoms with E-state index in [0.717, 1.165) is 35.6 Å². The van der Waals surface area contributed by atoms with Gasteiger partial charge in [-0.1, -0.05) is 46.0 Å². The van der Waals surface area contributed by atoms with Gasteiger partial charge in [-0.2, -0.15) is 0 Å². The Morgan fingerprint density at radius 3 is 2.47 bits per heavy atom. The molecular formula is C27H50N2O. The molecular weight excluding hydrogens is 368 g/mol. The average Bonchev–Trinajstić information content (AvgIpc) is 3.21. The van der Waals surface area contributed by atoms with E-state index in [1.165, 1.54) is 110 Å². The van der Waals surface area contributed by atoms with E-state index in [1.54, 1.807) is 0 Å². The number of likely N-dealkylation sites (N-methyl/N-ethyl adjacent to an activating group) is 1. The fourth-order valence-corrected chi connectivity index (χ4v) is 7.97. The summed E-state index contributed by atoms with van der Waals surface area (Å²) in [5.41, 5.74) is 0. The standard InChI is InChI=1S/C27H50N2O/c1-4-29-16-8-12-25(29)20-28(19-24-17-21(2)14-15-27(24)30-3)18-23-11-7-10-22-9-5-6-13-26(22)23/h21-27H,4-20H2,1-3H3/t21-,22?,23+,24?,25+,26?,27?/m1/s1. The highest BCUT2D eigenvalue weighted by molar-refractivity contribution is 4.90. The minimum Gasteiger partial charge on any atom is -0.381 e. The summed E-state index contributed by atoms with van der Waals surface area (Å²) in [6.45, 7) is 11.3. The molecule has 0 spiro atoms. The number of methoxy groups -OCH3 is 1. The Balaban J connectivity index is 1.45. The molecule has 1 heterocycles. The molecule has 1 aliphatic heterocycles. The van der Waals surface area contributed by atoms with E-state index in [4.69, 9.17) is 4.74 Å². The van der Waals surface area contributed by atoms with E-state index in [-0.39, 0.29) is 0 Å². The second-order valence-corrected chi connectivity index (χ2v) is 11.5. The van der Waals surface area contributed by atoms with E-state index < -0.39 is 0 Å². The highest BCUT2D eigenvalue weighted by Gasteiger charge is 2.38. The first kappa shape index (κ1) is 23.1. The first-order valence-corrected chi connectivity index (χ1v) is 13.7. The molecule has 0 bridgehead atoms. The normalized spacial score (nSPS) is 40.6. The predicted octanol–water partition coefficient (Wildman–Crippen LogP) is 5.83. The van der Waals surface area contributed by atoms with Crippen molar-refractivity contribution >= 4 is 0 Å². The summed E-state index contributed by atoms with van der Waals surface area (Å²) in [4.78, 5) is 5.71. The second-order valence-electron chi connectivity index (χ2n) is 11.5. The van der Waals surface area contributed by atoms with Crippen molar-refractivity contribution in [2.45, 2.75) is 103 Å². The number of hydrogen-bond donors (Lipinski definition) is 0. The number of fused-ring (bicyclic) bond motifs is 1. The van der Waals surface area contributed by atoms with Crippen LogP contribution in [-0.4, -0.2) is 61.8 Å². The molecule has 3 heteroatoms. The summed E-state index contributed by atoms with van der Waals surface area (Å²) in [5, 5.41) is 0. The largest absolute Gasteiger partial charge is 0.381 e. The van der Waals surface area contributed by atoms with E-state index in [0.29, 0.717) is 6.10 Å². The fourth-order valence-electron chi connectivity index (χ4n) is 7.97. The van der Waals surface area contributed by atoms with Crippen molar-refractivity contribution in [3.63, 3.8) is 0 Å². The molecule has 4 rings (SSSR count). The van der Waals surface area contributed by atoms with Gasteiger partial charge in [-0.15, -0.1) is 0 Å². The van der Waals surface area contributed by atoms with Gasteiger partial charge in [-0.05, 0) is 87.6 Å². The van der Waals surface area contributed by atoms with Crippen LogP contribution >= 0.6 is 0 Å². The van der Waals surface area contributed by atoms with Gasteiger partial charge in [0.1, 0.15) is 0 Å². The van der Waals surface area contributed by atoms with Crippen LogP contribution in [0.5, 0.6) is 0 Å². The zero-order valence-corrected chi connectivity index (χ0v) is 20.4. The van der Waals surface area contributed by atoms with Crippen LogP contribution < -0.4 is 0 Å². The van der Waals surface area contributed by atoms with Crippen molar-refractivity contribution in [2.24, 2.45) is 29.6 Å². The lowest BCUT2D eigenvalue weighted by molar-refractivity contribution is -0.0143. The molecule has 3 saturated carbocycles. The van der Waals surface area contributed by atoms with Crippen LogP contribution in [0.15, 0.2) is 0 Å². The van der Waals surface area contributed by atoms with Gasteiger partial charge in [0.25, 0.3) is 0 Å². The molecule has 0 radical (unpaired) electrons. The predicted molar refractivity (Wildman–Crippen MR) is 127 cm³/mol. The average molecular weight is 419 g/mol. The molecule has 3 nitrogen and oxygen atoms in total. The molecule has 4 unspecified atom stereocenters. The molecule has 4 aliphatic rings. The van der Waals surface area contributed by atoms with Crippen LogP contribution in [-0.2, 0) is 4.74 Å². The maximum Gasteiger partial charge on any atom is 0.0611 e. The minimum atomic E-state index is 0.489. The number of hydrogen-bond acceptors (Lipinski definition) is 3. The smallest absolute Gasteiger partial charge is 0.0611 e. The Kier molecular flexibility index (Phi) is 8.56. The molecule has 0 amide bonds. The Morgan fingerprint density at radius 1 is 0.833 bits per heavy atom. The SMILES string of the molecule is CCN1CCC[C@H]1CN(CC1C[C@H](C)CCC1OC)C[C@@H]1CCCC2CCCCC21. The number of nitrogens with zero attached hydrogens (tertiary/aromatic N) is 2. The van der Waals surface area contributed by atoms with Crippen LogP contribution in [0, 0.1) is 29.6 Å². The van der Waals surface area contributed by atoms with Crippen molar-refractivity contribution in [2.75, 3.05) is 39.8 Å². The fraction of sp³-hybridized carbons (Fsp3) is 1.00. The zero-order valence-electron chi connectivity index (χ0n) is 20.4. The lowest BCUT2D eigenvalue weighted by Crippen LogP contribution is -2.48. The van der Waals surface area contributed by atoms with E-state index in [9.17, 15) is 0 Å². The Bertz CT molecular complexity index is 509. The van der Waals surface area contributed by atoms with Gasteiger partial charge in [0.15, 0.2) is 0 Å². The van der Waals surface area contributed by atoms with Gasteiger partial charge in [-0.25, -0.2) is 0 Å². The third-order valence-electron chi connectivity index (χ3n) is 9.56. The first-order chi connectivity index (χ1) is 14.7. The summed E-state index contributed by atoms with van der Waals surface area (Å²) in [5.74, 6) is 4.66. The van der Waals surface area contributed by atoms with Crippen molar-refractivity contribution < 1.29 is 4.74 Å². The zero-order chi connectivity index (χ0) is 20.9. The second kappa shape index (κ2) is 11.1. The maximum atomic E-state index is 6.00. The van der Waals surface area contributed by atoms with Crippen molar-refractivity contribution in [1.82, 2.24) is 9.80 Å². The van der Waals surface area contributed by atoms with Crippen LogP contribution in [0.4, 0.5) is 0 Å². The van der Waals surface area contributed by atoms with Crippen molar-refractivity contribution in [1.29, 1.82) is 0 Å². The molecule has 0 aromatic carbocycles. The first-order valence-electron chi connectivity index (χ1n) is 13.7. The van der Waals surface area contributed by atoms with E-state index >= 15 is 0 Å². The van der Waals surface area contributed by atoms with Gasteiger partial charge in [0.05, 0.1) is 6.10 Å². The molecule has 3 aliphatic carbocycles. The Labute approximate surface area is 187 Å².